The summed E-state index contributed by atoms with van der Waals surface area (Å²) >= 11 is 0. The van der Waals surface area contributed by atoms with Gasteiger partial charge in [0.15, 0.2) is 11.6 Å². The first-order valence-corrected chi connectivity index (χ1v) is 19.1. The molecule has 4 aromatic heterocycles. The molecule has 0 radical (unpaired) electrons. The van der Waals surface area contributed by atoms with E-state index in [1.54, 1.807) is 0 Å². The van der Waals surface area contributed by atoms with Crippen molar-refractivity contribution in [2.75, 3.05) is 0 Å². The summed E-state index contributed by atoms with van der Waals surface area (Å²) in [6, 6.07) is 65.5. The highest BCUT2D eigenvalue weighted by Gasteiger charge is 2.23. The van der Waals surface area contributed by atoms with E-state index in [1.807, 2.05) is 30.3 Å². The average Bonchev–Trinajstić information content (AvgIpc) is 3.94. The Labute approximate surface area is 326 Å². The van der Waals surface area contributed by atoms with Crippen molar-refractivity contribution in [3.63, 3.8) is 0 Å². The van der Waals surface area contributed by atoms with E-state index in [2.05, 4.69) is 167 Å². The molecule has 0 aliphatic rings. The molecule has 12 rings (SSSR count). The number of para-hydroxylation sites is 4. The number of benzene rings is 8. The van der Waals surface area contributed by atoms with Crippen molar-refractivity contribution >= 4 is 65.6 Å². The number of fused-ring (bicyclic) bond motifs is 10. The van der Waals surface area contributed by atoms with Gasteiger partial charge in [-0.25, -0.2) is 4.98 Å². The lowest BCUT2D eigenvalue weighted by Crippen LogP contribution is -2.07. The largest absolute Gasteiger partial charge is 0.456 e. The normalized spacial score (nSPS) is 11.9. The molecular formula is C51H31N5O. The van der Waals surface area contributed by atoms with Crippen molar-refractivity contribution in [2.45, 2.75) is 0 Å². The molecular weight excluding hydrogens is 699 g/mol. The van der Waals surface area contributed by atoms with Crippen LogP contribution < -0.4 is 0 Å². The molecule has 0 atom stereocenters. The van der Waals surface area contributed by atoms with Crippen LogP contribution in [0.4, 0.5) is 0 Å². The van der Waals surface area contributed by atoms with Gasteiger partial charge in [0.05, 0.1) is 22.1 Å². The third kappa shape index (κ3) is 4.87. The van der Waals surface area contributed by atoms with E-state index in [-0.39, 0.29) is 0 Å². The summed E-state index contributed by atoms with van der Waals surface area (Å²) in [5.41, 5.74) is 11.1. The average molecular weight is 730 g/mol. The molecule has 0 aliphatic heterocycles. The maximum atomic E-state index is 6.15. The summed E-state index contributed by atoms with van der Waals surface area (Å²) < 4.78 is 10.8. The Balaban J connectivity index is 1.14. The first-order valence-electron chi connectivity index (χ1n) is 19.1. The highest BCUT2D eigenvalue weighted by atomic mass is 16.3. The van der Waals surface area contributed by atoms with Crippen molar-refractivity contribution in [3.05, 3.63) is 188 Å². The van der Waals surface area contributed by atoms with Crippen LogP contribution in [-0.4, -0.2) is 24.1 Å². The number of hydrogen-bond donors (Lipinski definition) is 0. The van der Waals surface area contributed by atoms with Crippen LogP contribution in [0, 0.1) is 0 Å². The van der Waals surface area contributed by atoms with E-state index in [9.17, 15) is 0 Å². The molecule has 0 aliphatic carbocycles. The van der Waals surface area contributed by atoms with E-state index in [0.717, 1.165) is 82.7 Å². The zero-order chi connectivity index (χ0) is 37.5. The van der Waals surface area contributed by atoms with Crippen LogP contribution >= 0.6 is 0 Å². The minimum absolute atomic E-state index is 0.555. The zero-order valence-electron chi connectivity index (χ0n) is 30.5. The van der Waals surface area contributed by atoms with E-state index in [1.165, 1.54) is 10.8 Å². The molecule has 8 aromatic carbocycles. The van der Waals surface area contributed by atoms with Crippen LogP contribution in [-0.2, 0) is 0 Å². The van der Waals surface area contributed by atoms with E-state index in [0.29, 0.717) is 17.6 Å². The highest BCUT2D eigenvalue weighted by Crippen LogP contribution is 2.42. The third-order valence-corrected chi connectivity index (χ3v) is 11.2. The van der Waals surface area contributed by atoms with Gasteiger partial charge in [-0.2, -0.15) is 9.97 Å². The van der Waals surface area contributed by atoms with Gasteiger partial charge in [0.25, 0.3) is 0 Å². The van der Waals surface area contributed by atoms with Crippen molar-refractivity contribution < 1.29 is 4.42 Å². The highest BCUT2D eigenvalue weighted by molar-refractivity contribution is 6.23. The second-order valence-corrected chi connectivity index (χ2v) is 14.4. The van der Waals surface area contributed by atoms with Gasteiger partial charge < -0.3 is 8.98 Å². The van der Waals surface area contributed by atoms with Gasteiger partial charge in [-0.05, 0) is 59.7 Å². The number of furan rings is 1. The predicted octanol–water partition coefficient (Wildman–Crippen LogP) is 13.0. The van der Waals surface area contributed by atoms with Gasteiger partial charge >= 0.3 is 0 Å². The fourth-order valence-corrected chi connectivity index (χ4v) is 8.61. The van der Waals surface area contributed by atoms with Crippen molar-refractivity contribution in [2.24, 2.45) is 0 Å². The molecule has 0 saturated heterocycles. The van der Waals surface area contributed by atoms with Gasteiger partial charge in [-0.1, -0.05) is 140 Å². The molecule has 12 aromatic rings. The number of aromatic nitrogens is 5. The smallest absolute Gasteiger partial charge is 0.238 e. The lowest BCUT2D eigenvalue weighted by atomic mass is 10.0. The maximum Gasteiger partial charge on any atom is 0.238 e. The molecule has 0 amide bonds. The first kappa shape index (κ1) is 31.5. The van der Waals surface area contributed by atoms with Crippen LogP contribution in [0.25, 0.3) is 111 Å². The second-order valence-electron chi connectivity index (χ2n) is 14.4. The van der Waals surface area contributed by atoms with Crippen molar-refractivity contribution in [3.8, 4) is 45.5 Å². The zero-order valence-corrected chi connectivity index (χ0v) is 30.5. The third-order valence-electron chi connectivity index (χ3n) is 11.2. The maximum absolute atomic E-state index is 6.15. The lowest BCUT2D eigenvalue weighted by molar-refractivity contribution is 0.669. The fourth-order valence-electron chi connectivity index (χ4n) is 8.61. The minimum Gasteiger partial charge on any atom is -0.456 e. The Morgan fingerprint density at radius 2 is 0.877 bits per heavy atom. The Morgan fingerprint density at radius 3 is 1.63 bits per heavy atom. The van der Waals surface area contributed by atoms with E-state index >= 15 is 0 Å². The predicted molar refractivity (Wildman–Crippen MR) is 232 cm³/mol. The molecule has 6 nitrogen and oxygen atoms in total. The summed E-state index contributed by atoms with van der Waals surface area (Å²) in [5, 5.41) is 6.81. The Morgan fingerprint density at radius 1 is 0.333 bits per heavy atom. The monoisotopic (exact) mass is 729 g/mol. The quantitative estimate of drug-likeness (QED) is 0.177. The molecule has 0 fully saturated rings. The fraction of sp³-hybridized carbons (Fsp3) is 0. The van der Waals surface area contributed by atoms with Crippen LogP contribution in [0.1, 0.15) is 0 Å². The number of nitrogens with zero attached hydrogens (tertiary/aromatic N) is 5. The van der Waals surface area contributed by atoms with Gasteiger partial charge in [-0.15, -0.1) is 0 Å². The standard InChI is InChI=1S/C51H31N5O/c1-3-14-32(15-4-1)49-52-50(35-17-13-16-33(30-35)34-26-29-46-42(31-34)39-22-9-12-25-45(39)57-46)54-51(53-49)56-44-24-11-8-21-38(44)41-28-27-40-37-20-7-10-23-43(37)55(47(40)48(41)56)36-18-5-2-6-19-36/h1-31H. The molecule has 0 bridgehead atoms. The number of rotatable bonds is 5. The van der Waals surface area contributed by atoms with Crippen LogP contribution in [0.15, 0.2) is 192 Å². The van der Waals surface area contributed by atoms with E-state index < -0.39 is 0 Å². The van der Waals surface area contributed by atoms with Gasteiger partial charge in [0, 0.05) is 49.1 Å². The summed E-state index contributed by atoms with van der Waals surface area (Å²) in [4.78, 5) is 15.8. The Hall–Kier alpha value is -7.83. The molecule has 266 valence electrons. The molecule has 0 saturated carbocycles. The molecule has 57 heavy (non-hydrogen) atoms. The second kappa shape index (κ2) is 12.3. The van der Waals surface area contributed by atoms with Gasteiger partial charge in [0.2, 0.25) is 5.95 Å². The summed E-state index contributed by atoms with van der Waals surface area (Å²) in [6.07, 6.45) is 0. The topological polar surface area (TPSA) is 61.7 Å². The molecule has 4 heterocycles. The molecule has 0 spiro atoms. The van der Waals surface area contributed by atoms with E-state index in [4.69, 9.17) is 19.4 Å². The SMILES string of the molecule is c1ccc(-c2nc(-c3cccc(-c4ccc5oc6ccccc6c5c4)c3)nc(-n3c4ccccc4c4ccc5c6ccccc6n(-c6ccccc6)c5c43)n2)cc1. The van der Waals surface area contributed by atoms with Crippen molar-refractivity contribution in [1.82, 2.24) is 24.1 Å². The van der Waals surface area contributed by atoms with Crippen molar-refractivity contribution in [1.29, 1.82) is 0 Å². The Bertz CT molecular complexity index is 3520. The number of hydrogen-bond acceptors (Lipinski definition) is 4. The molecule has 6 heteroatoms. The Kier molecular flexibility index (Phi) is 6.83. The van der Waals surface area contributed by atoms with Gasteiger partial charge in [-0.3, -0.25) is 4.57 Å². The van der Waals surface area contributed by atoms with Gasteiger partial charge in [0.1, 0.15) is 11.2 Å². The molecule has 0 unspecified atom stereocenters. The van der Waals surface area contributed by atoms with Crippen LogP contribution in [0.3, 0.4) is 0 Å². The van der Waals surface area contributed by atoms with Crippen LogP contribution in [0.2, 0.25) is 0 Å². The first-order chi connectivity index (χ1) is 28.3. The minimum atomic E-state index is 0.555. The summed E-state index contributed by atoms with van der Waals surface area (Å²) in [6.45, 7) is 0. The van der Waals surface area contributed by atoms with Crippen LogP contribution in [0.5, 0.6) is 0 Å². The summed E-state index contributed by atoms with van der Waals surface area (Å²) in [5.74, 6) is 1.75. The summed E-state index contributed by atoms with van der Waals surface area (Å²) in [7, 11) is 0. The molecule has 0 N–H and O–H groups in total. The lowest BCUT2D eigenvalue weighted by Gasteiger charge is -2.13.